The molecule has 3 aromatic rings. The van der Waals surface area contributed by atoms with Gasteiger partial charge in [0.1, 0.15) is 5.69 Å². The summed E-state index contributed by atoms with van der Waals surface area (Å²) in [6.45, 7) is 4.28. The Morgan fingerprint density at radius 2 is 1.73 bits per heavy atom. The van der Waals surface area contributed by atoms with Crippen LogP contribution in [0.2, 0.25) is 0 Å². The van der Waals surface area contributed by atoms with Gasteiger partial charge in [-0.25, -0.2) is 4.79 Å². The van der Waals surface area contributed by atoms with Gasteiger partial charge >= 0.3 is 5.97 Å². The van der Waals surface area contributed by atoms with E-state index in [1.807, 2.05) is 30.7 Å². The van der Waals surface area contributed by atoms with Crippen LogP contribution in [-0.4, -0.2) is 17.1 Å². The standard InChI is InChI=1S/C19H19NO2/c1-4-22-19(21)18-12-16-10-9-15(11-17(16)20(18)3)14-7-5-13(2)6-8-14/h5-12H,4H2,1-3H3. The van der Waals surface area contributed by atoms with Crippen LogP contribution in [0.4, 0.5) is 0 Å². The summed E-state index contributed by atoms with van der Waals surface area (Å²) in [4.78, 5) is 12.0. The van der Waals surface area contributed by atoms with E-state index in [4.69, 9.17) is 4.74 Å². The lowest BCUT2D eigenvalue weighted by molar-refractivity contribution is 0.0516. The Morgan fingerprint density at radius 3 is 2.41 bits per heavy atom. The molecule has 0 saturated carbocycles. The van der Waals surface area contributed by atoms with E-state index >= 15 is 0 Å². The lowest BCUT2D eigenvalue weighted by Crippen LogP contribution is -2.09. The molecule has 0 bridgehead atoms. The van der Waals surface area contributed by atoms with E-state index in [9.17, 15) is 4.79 Å². The number of carbonyl (C=O) groups is 1. The quantitative estimate of drug-likeness (QED) is 0.673. The van der Waals surface area contributed by atoms with Gasteiger partial charge < -0.3 is 9.30 Å². The summed E-state index contributed by atoms with van der Waals surface area (Å²) in [7, 11) is 1.90. The third kappa shape index (κ3) is 2.50. The normalized spacial score (nSPS) is 10.9. The molecule has 3 heteroatoms. The number of hydrogen-bond acceptors (Lipinski definition) is 2. The van der Waals surface area contributed by atoms with E-state index in [0.29, 0.717) is 12.3 Å². The van der Waals surface area contributed by atoms with Crippen molar-refractivity contribution in [1.29, 1.82) is 0 Å². The molecule has 0 aliphatic carbocycles. The third-order valence-electron chi connectivity index (χ3n) is 3.91. The molecule has 0 amide bonds. The van der Waals surface area contributed by atoms with E-state index in [-0.39, 0.29) is 5.97 Å². The number of benzene rings is 2. The van der Waals surface area contributed by atoms with Crippen LogP contribution in [0.3, 0.4) is 0 Å². The number of esters is 1. The predicted octanol–water partition coefficient (Wildman–Crippen LogP) is 4.33. The molecule has 22 heavy (non-hydrogen) atoms. The van der Waals surface area contributed by atoms with Crippen molar-refractivity contribution < 1.29 is 9.53 Å². The summed E-state index contributed by atoms with van der Waals surface area (Å²) in [6, 6.07) is 16.6. The van der Waals surface area contributed by atoms with Crippen LogP contribution < -0.4 is 0 Å². The highest BCUT2D eigenvalue weighted by molar-refractivity contribution is 5.96. The monoisotopic (exact) mass is 293 g/mol. The molecule has 0 aliphatic rings. The van der Waals surface area contributed by atoms with Crippen molar-refractivity contribution in [3.8, 4) is 11.1 Å². The average Bonchev–Trinajstić information content (AvgIpc) is 2.85. The highest BCUT2D eigenvalue weighted by atomic mass is 16.5. The smallest absolute Gasteiger partial charge is 0.354 e. The zero-order chi connectivity index (χ0) is 15.7. The first kappa shape index (κ1) is 14.4. The maximum Gasteiger partial charge on any atom is 0.354 e. The Hall–Kier alpha value is -2.55. The number of nitrogens with zero attached hydrogens (tertiary/aromatic N) is 1. The zero-order valence-electron chi connectivity index (χ0n) is 13.1. The highest BCUT2D eigenvalue weighted by Gasteiger charge is 2.14. The number of fused-ring (bicyclic) bond motifs is 1. The van der Waals surface area contributed by atoms with Gasteiger partial charge in [-0.3, -0.25) is 0 Å². The second kappa shape index (κ2) is 5.68. The van der Waals surface area contributed by atoms with Crippen LogP contribution in [0, 0.1) is 6.92 Å². The van der Waals surface area contributed by atoms with Crippen LogP contribution in [0.5, 0.6) is 0 Å². The number of ether oxygens (including phenoxy) is 1. The summed E-state index contributed by atoms with van der Waals surface area (Å²) < 4.78 is 7.00. The molecule has 0 unspecified atom stereocenters. The van der Waals surface area contributed by atoms with Gasteiger partial charge in [-0.1, -0.05) is 42.0 Å². The van der Waals surface area contributed by atoms with Gasteiger partial charge in [0.2, 0.25) is 0 Å². The molecule has 1 heterocycles. The van der Waals surface area contributed by atoms with Crippen molar-refractivity contribution in [3.05, 3.63) is 59.8 Å². The van der Waals surface area contributed by atoms with E-state index in [1.54, 1.807) is 0 Å². The predicted molar refractivity (Wildman–Crippen MR) is 89.0 cm³/mol. The molecule has 3 rings (SSSR count). The number of aryl methyl sites for hydroxylation is 2. The Morgan fingerprint density at radius 1 is 1.05 bits per heavy atom. The highest BCUT2D eigenvalue weighted by Crippen LogP contribution is 2.27. The number of carbonyl (C=O) groups excluding carboxylic acids is 1. The van der Waals surface area contributed by atoms with Gasteiger partial charge in [0.05, 0.1) is 6.61 Å². The van der Waals surface area contributed by atoms with E-state index < -0.39 is 0 Å². The lowest BCUT2D eigenvalue weighted by Gasteiger charge is -2.06. The minimum atomic E-state index is -0.280. The summed E-state index contributed by atoms with van der Waals surface area (Å²) in [5.74, 6) is -0.280. The van der Waals surface area contributed by atoms with Gasteiger partial charge in [-0.15, -0.1) is 0 Å². The van der Waals surface area contributed by atoms with Crippen molar-refractivity contribution in [3.63, 3.8) is 0 Å². The van der Waals surface area contributed by atoms with Crippen LogP contribution >= 0.6 is 0 Å². The van der Waals surface area contributed by atoms with Crippen molar-refractivity contribution in [2.24, 2.45) is 7.05 Å². The molecule has 0 spiro atoms. The lowest BCUT2D eigenvalue weighted by atomic mass is 10.0. The molecule has 0 aliphatic heterocycles. The Bertz CT molecular complexity index is 829. The summed E-state index contributed by atoms with van der Waals surface area (Å²) in [5, 5.41) is 1.04. The summed E-state index contributed by atoms with van der Waals surface area (Å²) >= 11 is 0. The van der Waals surface area contributed by atoms with Crippen molar-refractivity contribution >= 4 is 16.9 Å². The van der Waals surface area contributed by atoms with Crippen LogP contribution in [-0.2, 0) is 11.8 Å². The number of aromatic nitrogens is 1. The van der Waals surface area contributed by atoms with Gasteiger partial charge in [-0.2, -0.15) is 0 Å². The molecule has 0 N–H and O–H groups in total. The van der Waals surface area contributed by atoms with Crippen LogP contribution in [0.15, 0.2) is 48.5 Å². The number of rotatable bonds is 3. The van der Waals surface area contributed by atoms with Crippen molar-refractivity contribution in [2.75, 3.05) is 6.61 Å². The van der Waals surface area contributed by atoms with Crippen LogP contribution in [0.25, 0.3) is 22.0 Å². The van der Waals surface area contributed by atoms with Crippen molar-refractivity contribution in [2.45, 2.75) is 13.8 Å². The minimum Gasteiger partial charge on any atom is -0.461 e. The average molecular weight is 293 g/mol. The molecular weight excluding hydrogens is 274 g/mol. The van der Waals surface area contributed by atoms with Gasteiger partial charge in [0.25, 0.3) is 0 Å². The molecule has 0 radical (unpaired) electrons. The second-order valence-electron chi connectivity index (χ2n) is 5.45. The second-order valence-corrected chi connectivity index (χ2v) is 5.45. The molecule has 2 aromatic carbocycles. The number of hydrogen-bond donors (Lipinski definition) is 0. The van der Waals surface area contributed by atoms with Gasteiger partial charge in [0, 0.05) is 18.0 Å². The minimum absolute atomic E-state index is 0.280. The van der Waals surface area contributed by atoms with Crippen LogP contribution in [0.1, 0.15) is 23.0 Å². The fourth-order valence-electron chi connectivity index (χ4n) is 2.66. The fourth-order valence-corrected chi connectivity index (χ4v) is 2.66. The first-order valence-corrected chi connectivity index (χ1v) is 7.44. The van der Waals surface area contributed by atoms with Gasteiger partial charge in [0.15, 0.2) is 0 Å². The fraction of sp³-hybridized carbons (Fsp3) is 0.211. The molecule has 1 aromatic heterocycles. The van der Waals surface area contributed by atoms with E-state index in [2.05, 4.69) is 43.3 Å². The largest absolute Gasteiger partial charge is 0.461 e. The summed E-state index contributed by atoms with van der Waals surface area (Å²) in [5.41, 5.74) is 5.17. The molecule has 0 fully saturated rings. The third-order valence-corrected chi connectivity index (χ3v) is 3.91. The Labute approximate surface area is 130 Å². The Balaban J connectivity index is 2.08. The first-order valence-electron chi connectivity index (χ1n) is 7.44. The summed E-state index contributed by atoms with van der Waals surface area (Å²) in [6.07, 6.45) is 0. The SMILES string of the molecule is CCOC(=O)c1cc2ccc(-c3ccc(C)cc3)cc2n1C. The van der Waals surface area contributed by atoms with E-state index in [1.165, 1.54) is 11.1 Å². The van der Waals surface area contributed by atoms with E-state index in [0.717, 1.165) is 16.5 Å². The van der Waals surface area contributed by atoms with Crippen molar-refractivity contribution in [1.82, 2.24) is 4.57 Å². The molecule has 0 atom stereocenters. The maximum atomic E-state index is 12.0. The topological polar surface area (TPSA) is 31.2 Å². The zero-order valence-corrected chi connectivity index (χ0v) is 13.1. The first-order chi connectivity index (χ1) is 10.6. The molecule has 3 nitrogen and oxygen atoms in total. The van der Waals surface area contributed by atoms with Gasteiger partial charge in [-0.05, 0) is 37.1 Å². The molecular formula is C19H19NO2. The molecule has 0 saturated heterocycles. The molecule has 112 valence electrons. The Kier molecular flexibility index (Phi) is 3.72. The maximum absolute atomic E-state index is 12.0.